The van der Waals surface area contributed by atoms with E-state index in [9.17, 15) is 4.79 Å². The summed E-state index contributed by atoms with van der Waals surface area (Å²) in [7, 11) is 1.89. The Balaban J connectivity index is 1.46. The molecule has 3 unspecified atom stereocenters. The summed E-state index contributed by atoms with van der Waals surface area (Å²) in [5, 5.41) is 8.63. The highest BCUT2D eigenvalue weighted by molar-refractivity contribution is 5.60. The van der Waals surface area contributed by atoms with E-state index in [0.717, 1.165) is 17.9 Å². The molecule has 1 saturated heterocycles. The average Bonchev–Trinajstić information content (AvgIpc) is 3.45. The van der Waals surface area contributed by atoms with Crippen molar-refractivity contribution >= 4 is 0 Å². The van der Waals surface area contributed by atoms with Crippen LogP contribution in [-0.4, -0.2) is 36.4 Å². The topological polar surface area (TPSA) is 81.7 Å². The van der Waals surface area contributed by atoms with E-state index in [4.69, 9.17) is 0 Å². The Morgan fingerprint density at radius 3 is 2.82 bits per heavy atom. The molecule has 3 aromatic rings. The van der Waals surface area contributed by atoms with E-state index >= 15 is 0 Å². The maximum Gasteiger partial charge on any atom is 0.281 e. The van der Waals surface area contributed by atoms with Crippen molar-refractivity contribution in [2.75, 3.05) is 0 Å². The van der Waals surface area contributed by atoms with Gasteiger partial charge >= 0.3 is 0 Å². The van der Waals surface area contributed by atoms with Gasteiger partial charge in [0.05, 0.1) is 24.0 Å². The number of hydrogen-bond donors (Lipinski definition) is 2. The van der Waals surface area contributed by atoms with Crippen LogP contribution >= 0.6 is 0 Å². The van der Waals surface area contributed by atoms with E-state index < -0.39 is 0 Å². The minimum Gasteiger partial charge on any atom is -0.285 e. The first-order chi connectivity index (χ1) is 13.6. The van der Waals surface area contributed by atoms with Crippen LogP contribution in [0.1, 0.15) is 25.0 Å². The van der Waals surface area contributed by atoms with Gasteiger partial charge in [0, 0.05) is 24.8 Å². The molecule has 2 N–H and O–H groups in total. The molecule has 8 heteroatoms. The Kier molecular flexibility index (Phi) is 4.17. The molecule has 8 nitrogen and oxygen atoms in total. The number of fused-ring (bicyclic) bond motifs is 1. The first kappa shape index (κ1) is 17.4. The zero-order valence-electron chi connectivity index (χ0n) is 16.2. The molecule has 0 amide bonds. The predicted octanol–water partition coefficient (Wildman–Crippen LogP) is 1.39. The van der Waals surface area contributed by atoms with Crippen LogP contribution in [0.15, 0.2) is 41.3 Å². The first-order valence-electron chi connectivity index (χ1n) is 9.89. The molecular formula is C20H25N7O. The van der Waals surface area contributed by atoms with Crippen LogP contribution in [-0.2, 0) is 13.6 Å². The van der Waals surface area contributed by atoms with E-state index in [1.54, 1.807) is 4.68 Å². The summed E-state index contributed by atoms with van der Waals surface area (Å²) in [5.74, 6) is 0.640. The highest BCUT2D eigenvalue weighted by Gasteiger charge is 2.39. The lowest BCUT2D eigenvalue weighted by Crippen LogP contribution is -2.36. The van der Waals surface area contributed by atoms with Crippen LogP contribution in [0.4, 0.5) is 0 Å². The zero-order valence-corrected chi connectivity index (χ0v) is 16.2. The number of benzene rings is 1. The van der Waals surface area contributed by atoms with Crippen LogP contribution < -0.4 is 16.4 Å². The summed E-state index contributed by atoms with van der Waals surface area (Å²) in [5.41, 5.74) is 9.68. The quantitative estimate of drug-likeness (QED) is 0.716. The van der Waals surface area contributed by atoms with Crippen molar-refractivity contribution in [3.63, 3.8) is 0 Å². The van der Waals surface area contributed by atoms with Gasteiger partial charge in [0.15, 0.2) is 0 Å². The lowest BCUT2D eigenvalue weighted by atomic mass is 9.97. The van der Waals surface area contributed by atoms with Crippen molar-refractivity contribution in [1.82, 2.24) is 35.2 Å². The van der Waals surface area contributed by atoms with Gasteiger partial charge in [-0.3, -0.25) is 25.0 Å². The molecule has 2 aromatic heterocycles. The molecule has 1 aromatic carbocycles. The average molecular weight is 379 g/mol. The Labute approximate surface area is 163 Å². The SMILES string of the molecule is Cc1c(-c2cn(CC3NNC4CCCC43)nn2)c(=O)n(-c2ccccc2)n1C. The maximum absolute atomic E-state index is 13.2. The third-order valence-electron chi connectivity index (χ3n) is 6.27. The molecule has 0 bridgehead atoms. The minimum absolute atomic E-state index is 0.0743. The monoisotopic (exact) mass is 379 g/mol. The van der Waals surface area contributed by atoms with Gasteiger partial charge in [-0.25, -0.2) is 4.68 Å². The van der Waals surface area contributed by atoms with Gasteiger partial charge in [-0.15, -0.1) is 5.10 Å². The Morgan fingerprint density at radius 2 is 2.00 bits per heavy atom. The molecule has 3 atom stereocenters. The summed E-state index contributed by atoms with van der Waals surface area (Å²) < 4.78 is 5.40. The molecule has 146 valence electrons. The van der Waals surface area contributed by atoms with Crippen LogP contribution in [0.25, 0.3) is 16.9 Å². The van der Waals surface area contributed by atoms with Crippen LogP contribution in [0, 0.1) is 12.8 Å². The van der Waals surface area contributed by atoms with Crippen molar-refractivity contribution in [3.05, 3.63) is 52.6 Å². The number of nitrogens with zero attached hydrogens (tertiary/aromatic N) is 5. The summed E-state index contributed by atoms with van der Waals surface area (Å²) in [6.45, 7) is 2.70. The second-order valence-corrected chi connectivity index (χ2v) is 7.86. The van der Waals surface area contributed by atoms with Crippen LogP contribution in [0.5, 0.6) is 0 Å². The Morgan fingerprint density at radius 1 is 1.18 bits per heavy atom. The predicted molar refractivity (Wildman–Crippen MR) is 106 cm³/mol. The maximum atomic E-state index is 13.2. The Hall–Kier alpha value is -2.71. The smallest absolute Gasteiger partial charge is 0.281 e. The van der Waals surface area contributed by atoms with Crippen LogP contribution in [0.3, 0.4) is 0 Å². The van der Waals surface area contributed by atoms with Crippen LogP contribution in [0.2, 0.25) is 0 Å². The zero-order chi connectivity index (χ0) is 19.3. The molecule has 0 radical (unpaired) electrons. The van der Waals surface area contributed by atoms with Gasteiger partial charge in [-0.05, 0) is 37.8 Å². The summed E-state index contributed by atoms with van der Waals surface area (Å²) in [6.07, 6.45) is 5.66. The minimum atomic E-state index is -0.0743. The summed E-state index contributed by atoms with van der Waals surface area (Å²) in [4.78, 5) is 13.2. The third kappa shape index (κ3) is 2.71. The van der Waals surface area contributed by atoms with Crippen molar-refractivity contribution in [1.29, 1.82) is 0 Å². The highest BCUT2D eigenvalue weighted by atomic mass is 16.1. The van der Waals surface area contributed by atoms with Crippen molar-refractivity contribution < 1.29 is 0 Å². The molecule has 3 heterocycles. The lowest BCUT2D eigenvalue weighted by molar-refractivity contribution is 0.374. The third-order valence-corrected chi connectivity index (χ3v) is 6.27. The van der Waals surface area contributed by atoms with Gasteiger partial charge in [-0.2, -0.15) is 0 Å². The number of nitrogens with one attached hydrogen (secondary N) is 2. The van der Waals surface area contributed by atoms with Gasteiger partial charge in [0.25, 0.3) is 5.56 Å². The summed E-state index contributed by atoms with van der Waals surface area (Å²) in [6, 6.07) is 10.6. The fraction of sp³-hybridized carbons (Fsp3) is 0.450. The standard InChI is InChI=1S/C20H25N7O/c1-13-19(20(28)27(25(13)2)14-7-4-3-5-8-14)18-12-26(24-23-18)11-17-15-9-6-10-16(15)21-22-17/h3-5,7-8,12,15-17,21-22H,6,9-11H2,1-2H3. The molecule has 1 aliphatic carbocycles. The largest absolute Gasteiger partial charge is 0.285 e. The van der Waals surface area contributed by atoms with Crippen molar-refractivity contribution in [2.45, 2.75) is 44.8 Å². The van der Waals surface area contributed by atoms with Crippen molar-refractivity contribution in [3.8, 4) is 16.9 Å². The molecule has 28 heavy (non-hydrogen) atoms. The molecule has 0 spiro atoms. The van der Waals surface area contributed by atoms with E-state index in [-0.39, 0.29) is 5.56 Å². The van der Waals surface area contributed by atoms with E-state index in [1.807, 2.05) is 59.9 Å². The van der Waals surface area contributed by atoms with E-state index in [2.05, 4.69) is 21.2 Å². The fourth-order valence-electron chi connectivity index (χ4n) is 4.72. The van der Waals surface area contributed by atoms with E-state index in [0.29, 0.717) is 29.3 Å². The molecule has 1 aliphatic heterocycles. The number of hydrazine groups is 1. The normalized spacial score (nSPS) is 24.0. The van der Waals surface area contributed by atoms with Gasteiger partial charge in [0.1, 0.15) is 5.69 Å². The van der Waals surface area contributed by atoms with Gasteiger partial charge in [-0.1, -0.05) is 29.8 Å². The fourth-order valence-corrected chi connectivity index (χ4v) is 4.72. The molecule has 2 fully saturated rings. The van der Waals surface area contributed by atoms with Gasteiger partial charge < -0.3 is 0 Å². The number of aromatic nitrogens is 5. The second-order valence-electron chi connectivity index (χ2n) is 7.86. The summed E-state index contributed by atoms with van der Waals surface area (Å²) >= 11 is 0. The van der Waals surface area contributed by atoms with Crippen molar-refractivity contribution in [2.24, 2.45) is 13.0 Å². The first-order valence-corrected chi connectivity index (χ1v) is 9.89. The molecule has 2 aliphatic rings. The van der Waals surface area contributed by atoms with E-state index in [1.165, 1.54) is 19.3 Å². The number of para-hydroxylation sites is 1. The highest BCUT2D eigenvalue weighted by Crippen LogP contribution is 2.32. The number of hydrogen-bond acceptors (Lipinski definition) is 5. The molecule has 1 saturated carbocycles. The second kappa shape index (κ2) is 6.72. The Bertz CT molecular complexity index is 1050. The lowest BCUT2D eigenvalue weighted by Gasteiger charge is -2.15. The number of rotatable bonds is 4. The van der Waals surface area contributed by atoms with Gasteiger partial charge in [0.2, 0.25) is 0 Å². The molecule has 5 rings (SSSR count). The molecular weight excluding hydrogens is 354 g/mol.